The standard InChI is InChI=1S/C13H16N6/c1-18-10-15-9-11(18)8-14-6-5-13-17-16-12-4-2-3-7-19(12)13/h2-4,7,9-10,14H,5-6,8H2,1H3. The summed E-state index contributed by atoms with van der Waals surface area (Å²) in [6.07, 6.45) is 6.53. The Balaban J connectivity index is 1.57. The minimum absolute atomic E-state index is 0.813. The van der Waals surface area contributed by atoms with Crippen LogP contribution in [0, 0.1) is 0 Å². The summed E-state index contributed by atoms with van der Waals surface area (Å²) in [7, 11) is 2.00. The van der Waals surface area contributed by atoms with Gasteiger partial charge in [-0.1, -0.05) is 6.07 Å². The summed E-state index contributed by atoms with van der Waals surface area (Å²) in [5, 5.41) is 11.7. The Morgan fingerprint density at radius 1 is 1.26 bits per heavy atom. The number of aromatic nitrogens is 5. The van der Waals surface area contributed by atoms with Gasteiger partial charge in [0.2, 0.25) is 0 Å². The zero-order valence-electron chi connectivity index (χ0n) is 10.8. The third-order valence-corrected chi connectivity index (χ3v) is 3.13. The summed E-state index contributed by atoms with van der Waals surface area (Å²) in [6, 6.07) is 5.91. The Hall–Kier alpha value is -2.21. The predicted molar refractivity (Wildman–Crippen MR) is 71.6 cm³/mol. The fourth-order valence-electron chi connectivity index (χ4n) is 2.03. The van der Waals surface area contributed by atoms with Crippen molar-refractivity contribution in [3.8, 4) is 0 Å². The van der Waals surface area contributed by atoms with Crippen LogP contribution in [-0.4, -0.2) is 30.7 Å². The number of hydrogen-bond donors (Lipinski definition) is 1. The Morgan fingerprint density at radius 3 is 3.05 bits per heavy atom. The highest BCUT2D eigenvalue weighted by molar-refractivity contribution is 5.36. The Morgan fingerprint density at radius 2 is 2.21 bits per heavy atom. The first-order chi connectivity index (χ1) is 9.34. The summed E-state index contributed by atoms with van der Waals surface area (Å²) < 4.78 is 4.03. The maximum Gasteiger partial charge on any atom is 0.160 e. The number of aryl methyl sites for hydroxylation is 1. The number of nitrogens with zero attached hydrogens (tertiary/aromatic N) is 5. The molecule has 0 aliphatic rings. The third kappa shape index (κ3) is 2.48. The van der Waals surface area contributed by atoms with E-state index in [4.69, 9.17) is 0 Å². The maximum atomic E-state index is 4.20. The minimum Gasteiger partial charge on any atom is -0.337 e. The van der Waals surface area contributed by atoms with Crippen LogP contribution in [0.5, 0.6) is 0 Å². The molecule has 0 fully saturated rings. The molecule has 3 heterocycles. The molecule has 0 unspecified atom stereocenters. The molecule has 0 amide bonds. The lowest BCUT2D eigenvalue weighted by Crippen LogP contribution is -2.19. The van der Waals surface area contributed by atoms with E-state index < -0.39 is 0 Å². The van der Waals surface area contributed by atoms with Crippen molar-refractivity contribution >= 4 is 5.65 Å². The third-order valence-electron chi connectivity index (χ3n) is 3.13. The van der Waals surface area contributed by atoms with Crippen LogP contribution in [0.4, 0.5) is 0 Å². The van der Waals surface area contributed by atoms with Crippen LogP contribution in [-0.2, 0) is 20.0 Å². The van der Waals surface area contributed by atoms with Crippen molar-refractivity contribution in [2.75, 3.05) is 6.54 Å². The van der Waals surface area contributed by atoms with E-state index in [2.05, 4.69) is 20.5 Å². The average Bonchev–Trinajstić information content (AvgIpc) is 3.02. The summed E-state index contributed by atoms with van der Waals surface area (Å²) in [5.41, 5.74) is 2.07. The molecule has 3 aromatic rings. The van der Waals surface area contributed by atoms with Gasteiger partial charge in [-0.15, -0.1) is 10.2 Å². The molecule has 98 valence electrons. The van der Waals surface area contributed by atoms with Crippen LogP contribution >= 0.6 is 0 Å². The van der Waals surface area contributed by atoms with Crippen molar-refractivity contribution in [2.24, 2.45) is 7.05 Å². The largest absolute Gasteiger partial charge is 0.337 e. The van der Waals surface area contributed by atoms with Gasteiger partial charge >= 0.3 is 0 Å². The summed E-state index contributed by atoms with van der Waals surface area (Å²) in [5.74, 6) is 0.980. The van der Waals surface area contributed by atoms with Gasteiger partial charge in [-0.25, -0.2) is 4.98 Å². The van der Waals surface area contributed by atoms with E-state index >= 15 is 0 Å². The molecule has 0 saturated heterocycles. The Labute approximate surface area is 111 Å². The molecule has 6 nitrogen and oxygen atoms in total. The van der Waals surface area contributed by atoms with E-state index in [1.165, 1.54) is 5.69 Å². The van der Waals surface area contributed by atoms with Gasteiger partial charge in [-0.05, 0) is 12.1 Å². The second-order valence-electron chi connectivity index (χ2n) is 4.47. The minimum atomic E-state index is 0.813. The van der Waals surface area contributed by atoms with Gasteiger partial charge in [0.25, 0.3) is 0 Å². The molecule has 0 radical (unpaired) electrons. The normalized spacial score (nSPS) is 11.2. The van der Waals surface area contributed by atoms with Crippen molar-refractivity contribution in [3.05, 3.63) is 48.4 Å². The number of hydrogen-bond acceptors (Lipinski definition) is 4. The van der Waals surface area contributed by atoms with E-state index in [0.29, 0.717) is 0 Å². The van der Waals surface area contributed by atoms with Crippen LogP contribution in [0.15, 0.2) is 36.9 Å². The second kappa shape index (κ2) is 5.19. The van der Waals surface area contributed by atoms with Crippen molar-refractivity contribution in [1.82, 2.24) is 29.5 Å². The molecule has 0 bridgehead atoms. The molecule has 0 spiro atoms. The monoisotopic (exact) mass is 256 g/mol. The topological polar surface area (TPSA) is 60.0 Å². The van der Waals surface area contributed by atoms with Gasteiger partial charge < -0.3 is 9.88 Å². The average molecular weight is 256 g/mol. The highest BCUT2D eigenvalue weighted by Gasteiger charge is 2.04. The molecule has 0 aromatic carbocycles. The number of pyridine rings is 1. The zero-order valence-corrected chi connectivity index (χ0v) is 10.8. The molecule has 0 aliphatic heterocycles. The molecule has 0 aliphatic carbocycles. The fraction of sp³-hybridized carbons (Fsp3) is 0.308. The first kappa shape index (κ1) is 11.9. The van der Waals surface area contributed by atoms with E-state index in [-0.39, 0.29) is 0 Å². The molecule has 1 N–H and O–H groups in total. The molecular weight excluding hydrogens is 240 g/mol. The maximum absolute atomic E-state index is 4.20. The van der Waals surface area contributed by atoms with Gasteiger partial charge in [-0.3, -0.25) is 4.40 Å². The van der Waals surface area contributed by atoms with Crippen LogP contribution in [0.1, 0.15) is 11.5 Å². The highest BCUT2D eigenvalue weighted by atomic mass is 15.2. The zero-order chi connectivity index (χ0) is 13.1. The predicted octanol–water partition coefficient (Wildman–Crippen LogP) is 0.795. The Kier molecular flexibility index (Phi) is 3.24. The lowest BCUT2D eigenvalue weighted by Gasteiger charge is -2.04. The smallest absolute Gasteiger partial charge is 0.160 e. The first-order valence-electron chi connectivity index (χ1n) is 6.29. The van der Waals surface area contributed by atoms with Crippen molar-refractivity contribution in [1.29, 1.82) is 0 Å². The fourth-order valence-corrected chi connectivity index (χ4v) is 2.03. The highest BCUT2D eigenvalue weighted by Crippen LogP contribution is 2.03. The van der Waals surface area contributed by atoms with Crippen molar-refractivity contribution in [3.63, 3.8) is 0 Å². The quantitative estimate of drug-likeness (QED) is 0.686. The summed E-state index contributed by atoms with van der Waals surface area (Å²) in [6.45, 7) is 1.67. The second-order valence-corrected chi connectivity index (χ2v) is 4.47. The van der Waals surface area contributed by atoms with Gasteiger partial charge in [0.05, 0.1) is 12.0 Å². The lowest BCUT2D eigenvalue weighted by atomic mass is 10.3. The Bertz CT molecular complexity index is 668. The molecule has 19 heavy (non-hydrogen) atoms. The van der Waals surface area contributed by atoms with E-state index in [0.717, 1.165) is 31.0 Å². The number of imidazole rings is 1. The van der Waals surface area contributed by atoms with E-state index in [9.17, 15) is 0 Å². The van der Waals surface area contributed by atoms with Crippen LogP contribution in [0.2, 0.25) is 0 Å². The van der Waals surface area contributed by atoms with Crippen molar-refractivity contribution < 1.29 is 0 Å². The first-order valence-corrected chi connectivity index (χ1v) is 6.29. The molecule has 6 heteroatoms. The van der Waals surface area contributed by atoms with E-state index in [1.807, 2.05) is 52.9 Å². The number of rotatable bonds is 5. The molecular formula is C13H16N6. The van der Waals surface area contributed by atoms with Crippen molar-refractivity contribution in [2.45, 2.75) is 13.0 Å². The van der Waals surface area contributed by atoms with E-state index in [1.54, 1.807) is 0 Å². The molecule has 0 saturated carbocycles. The number of fused-ring (bicyclic) bond motifs is 1. The summed E-state index contributed by atoms with van der Waals surface area (Å²) >= 11 is 0. The van der Waals surface area contributed by atoms with Crippen LogP contribution in [0.3, 0.4) is 0 Å². The lowest BCUT2D eigenvalue weighted by molar-refractivity contribution is 0.639. The van der Waals surface area contributed by atoms with Crippen LogP contribution in [0.25, 0.3) is 5.65 Å². The molecule has 3 aromatic heterocycles. The van der Waals surface area contributed by atoms with Gasteiger partial charge in [-0.2, -0.15) is 0 Å². The summed E-state index contributed by atoms with van der Waals surface area (Å²) in [4.78, 5) is 4.09. The van der Waals surface area contributed by atoms with Gasteiger partial charge in [0.15, 0.2) is 5.65 Å². The van der Waals surface area contributed by atoms with Crippen LogP contribution < -0.4 is 5.32 Å². The molecule has 0 atom stereocenters. The SMILES string of the molecule is Cn1cncc1CNCCc1nnc2ccccn12. The van der Waals surface area contributed by atoms with Gasteiger partial charge in [0.1, 0.15) is 5.82 Å². The molecule has 3 rings (SSSR count). The number of nitrogens with one attached hydrogen (secondary N) is 1. The van der Waals surface area contributed by atoms with Gasteiger partial charge in [0, 0.05) is 39.0 Å².